The van der Waals surface area contributed by atoms with Crippen LogP contribution in [-0.4, -0.2) is 46.9 Å². The summed E-state index contributed by atoms with van der Waals surface area (Å²) in [5.74, 6) is 0.601. The van der Waals surface area contributed by atoms with Crippen LogP contribution < -0.4 is 9.64 Å². The lowest BCUT2D eigenvalue weighted by Crippen LogP contribution is -2.49. The van der Waals surface area contributed by atoms with Crippen LogP contribution in [0.5, 0.6) is 6.01 Å². The van der Waals surface area contributed by atoms with E-state index in [4.69, 9.17) is 21.1 Å². The average molecular weight is 285 g/mol. The number of rotatable bonds is 3. The number of ether oxygens (including phenoxy) is 2. The van der Waals surface area contributed by atoms with Gasteiger partial charge in [-0.15, -0.1) is 0 Å². The van der Waals surface area contributed by atoms with Gasteiger partial charge in [-0.25, -0.2) is 0 Å². The Morgan fingerprint density at radius 3 is 3.11 bits per heavy atom. The quantitative estimate of drug-likeness (QED) is 0.842. The summed E-state index contributed by atoms with van der Waals surface area (Å²) in [6, 6.07) is 0.639. The minimum absolute atomic E-state index is 0.175. The lowest BCUT2D eigenvalue weighted by atomic mass is 10.1. The van der Waals surface area contributed by atoms with Gasteiger partial charge in [-0.05, 0) is 37.8 Å². The summed E-state index contributed by atoms with van der Waals surface area (Å²) in [5, 5.41) is 0.175. The van der Waals surface area contributed by atoms with Gasteiger partial charge in [0.15, 0.2) is 0 Å². The molecular weight excluding hydrogens is 268 g/mol. The van der Waals surface area contributed by atoms with E-state index in [0.717, 1.165) is 19.4 Å². The maximum atomic E-state index is 5.95. The first kappa shape index (κ1) is 12.9. The molecule has 19 heavy (non-hydrogen) atoms. The van der Waals surface area contributed by atoms with E-state index in [1.54, 1.807) is 0 Å². The van der Waals surface area contributed by atoms with E-state index in [0.29, 0.717) is 37.3 Å². The Labute approximate surface area is 117 Å². The summed E-state index contributed by atoms with van der Waals surface area (Å²) >= 11 is 5.95. The van der Waals surface area contributed by atoms with Gasteiger partial charge in [0, 0.05) is 6.54 Å². The molecule has 2 fully saturated rings. The van der Waals surface area contributed by atoms with Gasteiger partial charge in [-0.3, -0.25) is 0 Å². The van der Waals surface area contributed by atoms with Gasteiger partial charge in [0.25, 0.3) is 0 Å². The monoisotopic (exact) mass is 284 g/mol. The van der Waals surface area contributed by atoms with Crippen molar-refractivity contribution in [2.75, 3.05) is 24.7 Å². The van der Waals surface area contributed by atoms with E-state index < -0.39 is 0 Å². The molecule has 1 aromatic heterocycles. The fraction of sp³-hybridized carbons (Fsp3) is 0.750. The van der Waals surface area contributed by atoms with Crippen molar-refractivity contribution in [1.29, 1.82) is 0 Å². The highest BCUT2D eigenvalue weighted by atomic mass is 35.5. The minimum atomic E-state index is 0.175. The average Bonchev–Trinajstić information content (AvgIpc) is 2.86. The molecule has 2 atom stereocenters. The van der Waals surface area contributed by atoms with Crippen LogP contribution in [0.3, 0.4) is 0 Å². The maximum absolute atomic E-state index is 5.95. The summed E-state index contributed by atoms with van der Waals surface area (Å²) in [6.07, 6.45) is 3.69. The first-order valence-electron chi connectivity index (χ1n) is 6.70. The predicted octanol–water partition coefficient (Wildman–Crippen LogP) is 1.68. The SMILES string of the molecule is CCOc1nc(Cl)nc(N2CCOC3CCCC32)n1. The molecule has 3 rings (SSSR count). The van der Waals surface area contributed by atoms with E-state index in [9.17, 15) is 0 Å². The number of aromatic nitrogens is 3. The molecule has 0 bridgehead atoms. The molecule has 2 unspecified atom stereocenters. The number of fused-ring (bicyclic) bond motifs is 1. The Balaban J connectivity index is 1.87. The summed E-state index contributed by atoms with van der Waals surface area (Å²) in [5.41, 5.74) is 0. The fourth-order valence-corrected chi connectivity index (χ4v) is 2.97. The highest BCUT2D eigenvalue weighted by molar-refractivity contribution is 6.28. The molecule has 7 heteroatoms. The standard InChI is InChI=1S/C12H17ClN4O2/c1-2-18-12-15-10(13)14-11(16-12)17-6-7-19-9-5-3-4-8(9)17/h8-9H,2-7H2,1H3. The smallest absolute Gasteiger partial charge is 0.322 e. The van der Waals surface area contributed by atoms with Crippen molar-refractivity contribution in [2.45, 2.75) is 38.3 Å². The van der Waals surface area contributed by atoms with Crippen molar-refractivity contribution in [3.63, 3.8) is 0 Å². The van der Waals surface area contributed by atoms with Gasteiger partial charge in [-0.1, -0.05) is 0 Å². The molecule has 1 saturated heterocycles. The van der Waals surface area contributed by atoms with Crippen LogP contribution in [0.4, 0.5) is 5.95 Å². The van der Waals surface area contributed by atoms with Crippen LogP contribution in [0.1, 0.15) is 26.2 Å². The van der Waals surface area contributed by atoms with Gasteiger partial charge in [-0.2, -0.15) is 15.0 Å². The molecular formula is C12H17ClN4O2. The van der Waals surface area contributed by atoms with Crippen LogP contribution in [0.15, 0.2) is 0 Å². The Hall–Kier alpha value is -1.14. The molecule has 0 radical (unpaired) electrons. The fourth-order valence-electron chi connectivity index (χ4n) is 2.82. The van der Waals surface area contributed by atoms with Gasteiger partial charge in [0.1, 0.15) is 0 Å². The highest BCUT2D eigenvalue weighted by Crippen LogP contribution is 2.32. The van der Waals surface area contributed by atoms with Gasteiger partial charge < -0.3 is 14.4 Å². The second-order valence-electron chi connectivity index (χ2n) is 4.72. The Kier molecular flexibility index (Phi) is 3.70. The van der Waals surface area contributed by atoms with E-state index in [2.05, 4.69) is 19.9 Å². The molecule has 0 spiro atoms. The minimum Gasteiger partial charge on any atom is -0.464 e. The summed E-state index contributed by atoms with van der Waals surface area (Å²) in [6.45, 7) is 3.88. The molecule has 1 saturated carbocycles. The molecule has 1 aromatic rings. The van der Waals surface area contributed by atoms with E-state index in [-0.39, 0.29) is 5.28 Å². The summed E-state index contributed by atoms with van der Waals surface area (Å²) in [4.78, 5) is 14.7. The number of morpholine rings is 1. The summed E-state index contributed by atoms with van der Waals surface area (Å²) < 4.78 is 11.1. The highest BCUT2D eigenvalue weighted by Gasteiger charge is 2.37. The first-order valence-corrected chi connectivity index (χ1v) is 7.08. The Morgan fingerprint density at radius 1 is 1.37 bits per heavy atom. The number of anilines is 1. The number of hydrogen-bond donors (Lipinski definition) is 0. The van der Waals surface area contributed by atoms with Crippen LogP contribution >= 0.6 is 11.6 Å². The zero-order valence-corrected chi connectivity index (χ0v) is 11.6. The topological polar surface area (TPSA) is 60.4 Å². The van der Waals surface area contributed by atoms with Crippen molar-refractivity contribution in [3.05, 3.63) is 5.28 Å². The Bertz CT molecular complexity index is 459. The maximum Gasteiger partial charge on any atom is 0.322 e. The summed E-state index contributed by atoms with van der Waals surface area (Å²) in [7, 11) is 0. The molecule has 0 amide bonds. The van der Waals surface area contributed by atoms with E-state index in [1.807, 2.05) is 6.92 Å². The second-order valence-corrected chi connectivity index (χ2v) is 5.06. The lowest BCUT2D eigenvalue weighted by molar-refractivity contribution is 0.0249. The molecule has 1 aliphatic carbocycles. The van der Waals surface area contributed by atoms with E-state index in [1.165, 1.54) is 6.42 Å². The zero-order chi connectivity index (χ0) is 13.2. The van der Waals surface area contributed by atoms with Gasteiger partial charge in [0.2, 0.25) is 11.2 Å². The zero-order valence-electron chi connectivity index (χ0n) is 10.9. The molecule has 0 N–H and O–H groups in total. The molecule has 0 aromatic carbocycles. The van der Waals surface area contributed by atoms with Crippen molar-refractivity contribution < 1.29 is 9.47 Å². The van der Waals surface area contributed by atoms with Gasteiger partial charge >= 0.3 is 6.01 Å². The molecule has 1 aliphatic heterocycles. The van der Waals surface area contributed by atoms with Crippen molar-refractivity contribution in [3.8, 4) is 6.01 Å². The number of nitrogens with zero attached hydrogens (tertiary/aromatic N) is 4. The third-order valence-electron chi connectivity index (χ3n) is 3.59. The normalized spacial score (nSPS) is 26.3. The number of halogens is 1. The van der Waals surface area contributed by atoms with Crippen LogP contribution in [-0.2, 0) is 4.74 Å². The van der Waals surface area contributed by atoms with E-state index >= 15 is 0 Å². The second kappa shape index (κ2) is 5.46. The third-order valence-corrected chi connectivity index (χ3v) is 3.76. The van der Waals surface area contributed by atoms with Gasteiger partial charge in [0.05, 0.1) is 25.4 Å². The van der Waals surface area contributed by atoms with Crippen LogP contribution in [0.2, 0.25) is 5.28 Å². The first-order chi connectivity index (χ1) is 9.28. The largest absolute Gasteiger partial charge is 0.464 e. The molecule has 2 aliphatic rings. The molecule has 104 valence electrons. The molecule has 2 heterocycles. The third kappa shape index (κ3) is 2.60. The number of hydrogen-bond acceptors (Lipinski definition) is 6. The molecule has 6 nitrogen and oxygen atoms in total. The van der Waals surface area contributed by atoms with Crippen LogP contribution in [0.25, 0.3) is 0 Å². The lowest BCUT2D eigenvalue weighted by Gasteiger charge is -2.37. The van der Waals surface area contributed by atoms with Crippen molar-refractivity contribution in [2.24, 2.45) is 0 Å². The van der Waals surface area contributed by atoms with Crippen molar-refractivity contribution in [1.82, 2.24) is 15.0 Å². The van der Waals surface area contributed by atoms with Crippen LogP contribution in [0, 0.1) is 0 Å². The van der Waals surface area contributed by atoms with Crippen molar-refractivity contribution >= 4 is 17.5 Å². The predicted molar refractivity (Wildman–Crippen MR) is 70.7 cm³/mol. The Morgan fingerprint density at radius 2 is 2.26 bits per heavy atom.